The van der Waals surface area contributed by atoms with Crippen molar-refractivity contribution in [2.75, 3.05) is 12.3 Å². The Balaban J connectivity index is 2.14. The summed E-state index contributed by atoms with van der Waals surface area (Å²) >= 11 is 1.84. The standard InChI is InChI=1S/C14H21NS/c1-3-5-12-16-15-11-10-14-8-6-13(4-2)7-9-14/h4,6-9,15H,2-3,5,10-12H2,1H3. The van der Waals surface area contributed by atoms with Gasteiger partial charge in [-0.15, -0.1) is 0 Å². The van der Waals surface area contributed by atoms with Crippen molar-refractivity contribution in [2.45, 2.75) is 26.2 Å². The zero-order chi connectivity index (χ0) is 11.6. The van der Waals surface area contributed by atoms with E-state index in [0.29, 0.717) is 0 Å². The highest BCUT2D eigenvalue weighted by molar-refractivity contribution is 7.97. The van der Waals surface area contributed by atoms with Crippen LogP contribution in [-0.2, 0) is 6.42 Å². The molecule has 0 unspecified atom stereocenters. The first kappa shape index (κ1) is 13.3. The molecule has 0 aliphatic heterocycles. The predicted molar refractivity (Wildman–Crippen MR) is 75.6 cm³/mol. The van der Waals surface area contributed by atoms with Gasteiger partial charge in [0.1, 0.15) is 0 Å². The number of unbranched alkanes of at least 4 members (excludes halogenated alkanes) is 1. The molecular weight excluding hydrogens is 214 g/mol. The van der Waals surface area contributed by atoms with Crippen molar-refractivity contribution in [3.05, 3.63) is 42.0 Å². The summed E-state index contributed by atoms with van der Waals surface area (Å²) in [5.74, 6) is 1.21. The van der Waals surface area contributed by atoms with Crippen LogP contribution in [0.15, 0.2) is 30.8 Å². The summed E-state index contributed by atoms with van der Waals surface area (Å²) in [4.78, 5) is 0. The van der Waals surface area contributed by atoms with Gasteiger partial charge in [-0.3, -0.25) is 4.72 Å². The Hall–Kier alpha value is -0.730. The second-order valence-electron chi connectivity index (χ2n) is 3.79. The second-order valence-corrected chi connectivity index (χ2v) is 4.78. The van der Waals surface area contributed by atoms with Crippen LogP contribution in [0.3, 0.4) is 0 Å². The summed E-state index contributed by atoms with van der Waals surface area (Å²) in [5, 5.41) is 0. The summed E-state index contributed by atoms with van der Waals surface area (Å²) in [6, 6.07) is 8.59. The van der Waals surface area contributed by atoms with Gasteiger partial charge in [0.2, 0.25) is 0 Å². The van der Waals surface area contributed by atoms with Crippen molar-refractivity contribution in [1.82, 2.24) is 4.72 Å². The molecule has 1 N–H and O–H groups in total. The fourth-order valence-electron chi connectivity index (χ4n) is 1.38. The van der Waals surface area contributed by atoms with Gasteiger partial charge in [-0.2, -0.15) is 0 Å². The fourth-order valence-corrected chi connectivity index (χ4v) is 2.20. The monoisotopic (exact) mass is 235 g/mol. The van der Waals surface area contributed by atoms with Gasteiger partial charge in [0.05, 0.1) is 0 Å². The van der Waals surface area contributed by atoms with Crippen LogP contribution in [0.2, 0.25) is 0 Å². The third-order valence-electron chi connectivity index (χ3n) is 2.43. The number of hydrogen-bond donors (Lipinski definition) is 1. The highest BCUT2D eigenvalue weighted by atomic mass is 32.2. The molecule has 1 aromatic rings. The zero-order valence-electron chi connectivity index (χ0n) is 10.0. The van der Waals surface area contributed by atoms with Gasteiger partial charge in [-0.25, -0.2) is 0 Å². The first-order valence-electron chi connectivity index (χ1n) is 5.93. The van der Waals surface area contributed by atoms with E-state index in [1.54, 1.807) is 0 Å². The van der Waals surface area contributed by atoms with Crippen LogP contribution in [0.25, 0.3) is 6.08 Å². The Labute approximate surface area is 103 Å². The van der Waals surface area contributed by atoms with Crippen molar-refractivity contribution in [2.24, 2.45) is 0 Å². The Kier molecular flexibility index (Phi) is 7.02. The van der Waals surface area contributed by atoms with Gasteiger partial charge in [0.15, 0.2) is 0 Å². The number of hydrogen-bond acceptors (Lipinski definition) is 2. The van der Waals surface area contributed by atoms with Crippen LogP contribution in [0.5, 0.6) is 0 Å². The van der Waals surface area contributed by atoms with Gasteiger partial charge < -0.3 is 0 Å². The van der Waals surface area contributed by atoms with E-state index in [9.17, 15) is 0 Å². The Morgan fingerprint density at radius 3 is 2.69 bits per heavy atom. The van der Waals surface area contributed by atoms with E-state index < -0.39 is 0 Å². The lowest BCUT2D eigenvalue weighted by Crippen LogP contribution is -2.09. The summed E-state index contributed by atoms with van der Waals surface area (Å²) in [6.07, 6.45) is 5.54. The molecule has 0 saturated heterocycles. The van der Waals surface area contributed by atoms with Crippen LogP contribution in [-0.4, -0.2) is 12.3 Å². The molecule has 0 spiro atoms. The Morgan fingerprint density at radius 1 is 1.31 bits per heavy atom. The average Bonchev–Trinajstić information content (AvgIpc) is 2.34. The number of nitrogens with one attached hydrogen (secondary N) is 1. The van der Waals surface area contributed by atoms with E-state index in [0.717, 1.165) is 13.0 Å². The van der Waals surface area contributed by atoms with Crippen molar-refractivity contribution in [3.63, 3.8) is 0 Å². The average molecular weight is 235 g/mol. The van der Waals surface area contributed by atoms with Gasteiger partial charge >= 0.3 is 0 Å². The van der Waals surface area contributed by atoms with Crippen molar-refractivity contribution < 1.29 is 0 Å². The van der Waals surface area contributed by atoms with Crippen molar-refractivity contribution >= 4 is 18.0 Å². The van der Waals surface area contributed by atoms with Crippen LogP contribution in [0, 0.1) is 0 Å². The lowest BCUT2D eigenvalue weighted by molar-refractivity contribution is 0.876. The van der Waals surface area contributed by atoms with Crippen molar-refractivity contribution in [3.8, 4) is 0 Å². The summed E-state index contributed by atoms with van der Waals surface area (Å²) < 4.78 is 3.39. The van der Waals surface area contributed by atoms with E-state index in [1.165, 1.54) is 29.7 Å². The SMILES string of the molecule is C=Cc1ccc(CCNSCCCC)cc1. The lowest BCUT2D eigenvalue weighted by atomic mass is 10.1. The molecule has 0 radical (unpaired) electrons. The molecular formula is C14H21NS. The van der Waals surface area contributed by atoms with Gasteiger partial charge in [-0.1, -0.05) is 62.2 Å². The third kappa shape index (κ3) is 5.38. The molecule has 0 fully saturated rings. The van der Waals surface area contributed by atoms with E-state index in [-0.39, 0.29) is 0 Å². The van der Waals surface area contributed by atoms with Gasteiger partial charge in [-0.05, 0) is 24.0 Å². The maximum Gasteiger partial charge on any atom is 0.00990 e. The highest BCUT2D eigenvalue weighted by Crippen LogP contribution is 2.06. The highest BCUT2D eigenvalue weighted by Gasteiger charge is 1.93. The first-order valence-corrected chi connectivity index (χ1v) is 6.91. The molecule has 1 aromatic carbocycles. The molecule has 0 amide bonds. The first-order chi connectivity index (χ1) is 7.86. The fraction of sp³-hybridized carbons (Fsp3) is 0.429. The largest absolute Gasteiger partial charge is 0.264 e. The van der Waals surface area contributed by atoms with E-state index >= 15 is 0 Å². The lowest BCUT2D eigenvalue weighted by Gasteiger charge is -2.04. The zero-order valence-corrected chi connectivity index (χ0v) is 10.9. The molecule has 1 nitrogen and oxygen atoms in total. The normalized spacial score (nSPS) is 10.3. The molecule has 0 aromatic heterocycles. The van der Waals surface area contributed by atoms with E-state index in [2.05, 4.69) is 42.5 Å². The Bertz CT molecular complexity index is 292. The van der Waals surface area contributed by atoms with Crippen LogP contribution in [0.1, 0.15) is 30.9 Å². The minimum Gasteiger partial charge on any atom is -0.264 e. The number of benzene rings is 1. The molecule has 2 heteroatoms. The molecule has 0 saturated carbocycles. The van der Waals surface area contributed by atoms with E-state index in [1.807, 2.05) is 18.0 Å². The van der Waals surface area contributed by atoms with Crippen LogP contribution in [0.4, 0.5) is 0 Å². The van der Waals surface area contributed by atoms with Crippen LogP contribution >= 0.6 is 11.9 Å². The van der Waals surface area contributed by atoms with Gasteiger partial charge in [0.25, 0.3) is 0 Å². The smallest absolute Gasteiger partial charge is 0.00990 e. The maximum absolute atomic E-state index is 3.75. The molecule has 0 heterocycles. The Morgan fingerprint density at radius 2 is 2.06 bits per heavy atom. The molecule has 16 heavy (non-hydrogen) atoms. The predicted octanol–water partition coefficient (Wildman–Crippen LogP) is 3.91. The van der Waals surface area contributed by atoms with Crippen LogP contribution < -0.4 is 4.72 Å². The molecule has 0 atom stereocenters. The minimum atomic E-state index is 1.04. The quantitative estimate of drug-likeness (QED) is 0.541. The number of rotatable bonds is 8. The summed E-state index contributed by atoms with van der Waals surface area (Å²) in [6.45, 7) is 7.02. The van der Waals surface area contributed by atoms with Crippen molar-refractivity contribution in [1.29, 1.82) is 0 Å². The van der Waals surface area contributed by atoms with Gasteiger partial charge in [0, 0.05) is 12.3 Å². The molecule has 88 valence electrons. The molecule has 0 aliphatic rings. The molecule has 0 bridgehead atoms. The minimum absolute atomic E-state index is 1.04. The maximum atomic E-state index is 3.75. The second kappa shape index (κ2) is 8.43. The topological polar surface area (TPSA) is 12.0 Å². The van der Waals surface area contributed by atoms with E-state index in [4.69, 9.17) is 0 Å². The summed E-state index contributed by atoms with van der Waals surface area (Å²) in [5.41, 5.74) is 2.57. The summed E-state index contributed by atoms with van der Waals surface area (Å²) in [7, 11) is 0. The third-order valence-corrected chi connectivity index (χ3v) is 3.33. The molecule has 1 rings (SSSR count). The molecule has 0 aliphatic carbocycles.